The molecular weight excluding hydrogens is 376 g/mol. The molecule has 0 aromatic carbocycles. The molecule has 0 amide bonds. The Labute approximate surface area is 169 Å². The highest BCUT2D eigenvalue weighted by molar-refractivity contribution is 6.15. The van der Waals surface area contributed by atoms with Gasteiger partial charge in [-0.3, -0.25) is 14.4 Å². The van der Waals surface area contributed by atoms with Crippen molar-refractivity contribution < 1.29 is 33.3 Å². The maximum Gasteiger partial charge on any atom is 0.320 e. The van der Waals surface area contributed by atoms with Gasteiger partial charge in [-0.25, -0.2) is 0 Å². The largest absolute Gasteiger partial charge is 0.465 e. The maximum atomic E-state index is 13.4. The molecule has 0 N–H and O–H groups in total. The summed E-state index contributed by atoms with van der Waals surface area (Å²) in [7, 11) is 0. The summed E-state index contributed by atoms with van der Waals surface area (Å²) in [4.78, 5) is 38.2. The summed E-state index contributed by atoms with van der Waals surface area (Å²) in [5.41, 5.74) is -1.51. The number of carbonyl (C=O) groups excluding carboxylic acids is 3. The molecule has 3 aliphatic heterocycles. The van der Waals surface area contributed by atoms with Crippen molar-refractivity contribution in [3.63, 3.8) is 0 Å². The Hall–Kier alpha value is -1.73. The number of hydrogen-bond donors (Lipinski definition) is 0. The van der Waals surface area contributed by atoms with Crippen LogP contribution in [0.4, 0.5) is 0 Å². The molecule has 3 aliphatic carbocycles. The quantitative estimate of drug-likeness (QED) is 0.395. The van der Waals surface area contributed by atoms with Gasteiger partial charge in [-0.05, 0) is 37.2 Å². The van der Waals surface area contributed by atoms with E-state index in [1.165, 1.54) is 6.92 Å². The predicted molar refractivity (Wildman–Crippen MR) is 97.2 cm³/mol. The van der Waals surface area contributed by atoms with Gasteiger partial charge in [-0.15, -0.1) is 0 Å². The first kappa shape index (κ1) is 18.1. The fraction of sp³-hybridized carbons (Fsp3) is 0.773. The van der Waals surface area contributed by atoms with Gasteiger partial charge in [0.25, 0.3) is 0 Å². The highest BCUT2D eigenvalue weighted by Gasteiger charge is 2.82. The number of fused-ring (bicyclic) bond motifs is 1. The Bertz CT molecular complexity index is 865. The molecule has 3 saturated carbocycles. The normalized spacial score (nSPS) is 54.1. The molecule has 156 valence electrons. The summed E-state index contributed by atoms with van der Waals surface area (Å²) < 4.78 is 24.1. The molecule has 7 nitrogen and oxygen atoms in total. The topological polar surface area (TPSA) is 88.1 Å². The fourth-order valence-corrected chi connectivity index (χ4v) is 7.97. The molecule has 0 unspecified atom stereocenters. The van der Waals surface area contributed by atoms with Crippen LogP contribution in [-0.4, -0.2) is 49.4 Å². The molecule has 0 aromatic heterocycles. The minimum atomic E-state index is -1.20. The van der Waals surface area contributed by atoms with E-state index in [-0.39, 0.29) is 53.7 Å². The number of Topliss-reactive ketones (excluding diaryl/α,β-unsaturated/α-hetero) is 1. The van der Waals surface area contributed by atoms with Crippen molar-refractivity contribution in [1.29, 1.82) is 0 Å². The zero-order chi connectivity index (χ0) is 20.3. The van der Waals surface area contributed by atoms with Crippen LogP contribution >= 0.6 is 0 Å². The van der Waals surface area contributed by atoms with Gasteiger partial charge >= 0.3 is 11.9 Å². The average molecular weight is 402 g/mol. The summed E-state index contributed by atoms with van der Waals surface area (Å²) >= 11 is 0. The van der Waals surface area contributed by atoms with Crippen molar-refractivity contribution in [1.82, 2.24) is 0 Å². The van der Waals surface area contributed by atoms with Crippen molar-refractivity contribution in [2.24, 2.45) is 34.0 Å². The molecular formula is C22H26O7. The van der Waals surface area contributed by atoms with E-state index in [0.29, 0.717) is 31.4 Å². The molecule has 3 saturated heterocycles. The van der Waals surface area contributed by atoms with E-state index in [0.717, 1.165) is 6.42 Å². The number of allylic oxidation sites excluding steroid dienone is 1. The highest BCUT2D eigenvalue weighted by atomic mass is 16.7. The van der Waals surface area contributed by atoms with E-state index >= 15 is 0 Å². The number of hydrogen-bond acceptors (Lipinski definition) is 7. The third kappa shape index (κ3) is 1.86. The first-order valence-corrected chi connectivity index (χ1v) is 10.6. The molecule has 29 heavy (non-hydrogen) atoms. The van der Waals surface area contributed by atoms with Crippen molar-refractivity contribution in [3.05, 3.63) is 12.2 Å². The van der Waals surface area contributed by atoms with Crippen molar-refractivity contribution in [2.75, 3.05) is 13.2 Å². The third-order valence-corrected chi connectivity index (χ3v) is 8.96. The van der Waals surface area contributed by atoms with Gasteiger partial charge in [0.2, 0.25) is 0 Å². The van der Waals surface area contributed by atoms with Crippen LogP contribution in [0.15, 0.2) is 12.2 Å². The van der Waals surface area contributed by atoms with Crippen LogP contribution in [0.5, 0.6) is 0 Å². The lowest BCUT2D eigenvalue weighted by Crippen LogP contribution is -2.74. The van der Waals surface area contributed by atoms with Gasteiger partial charge < -0.3 is 18.9 Å². The number of ether oxygens (including phenoxy) is 4. The Kier molecular flexibility index (Phi) is 3.30. The summed E-state index contributed by atoms with van der Waals surface area (Å²) in [5.74, 6) is -1.28. The Balaban J connectivity index is 1.52. The summed E-state index contributed by atoms with van der Waals surface area (Å²) in [5, 5.41) is 0. The van der Waals surface area contributed by atoms with Crippen molar-refractivity contribution >= 4 is 17.7 Å². The molecule has 9 atom stereocenters. The van der Waals surface area contributed by atoms with Crippen molar-refractivity contribution in [2.45, 2.75) is 58.0 Å². The molecule has 7 heteroatoms. The third-order valence-electron chi connectivity index (χ3n) is 8.96. The molecule has 4 bridgehead atoms. The van der Waals surface area contributed by atoms with Crippen LogP contribution in [0.3, 0.4) is 0 Å². The molecule has 2 spiro atoms. The van der Waals surface area contributed by atoms with Crippen LogP contribution < -0.4 is 0 Å². The van der Waals surface area contributed by atoms with Crippen LogP contribution in [0, 0.1) is 34.0 Å². The number of esters is 2. The van der Waals surface area contributed by atoms with Gasteiger partial charge in [-0.1, -0.05) is 13.5 Å². The maximum absolute atomic E-state index is 13.4. The number of rotatable bonds is 2. The summed E-state index contributed by atoms with van der Waals surface area (Å²) in [6.07, 6.45) is 1.64. The van der Waals surface area contributed by atoms with E-state index in [4.69, 9.17) is 18.9 Å². The van der Waals surface area contributed by atoms with Gasteiger partial charge in [0.15, 0.2) is 12.1 Å². The molecule has 6 fully saturated rings. The number of ketones is 1. The molecule has 3 heterocycles. The molecule has 0 radical (unpaired) electrons. The van der Waals surface area contributed by atoms with Crippen LogP contribution in [0.2, 0.25) is 0 Å². The standard InChI is InChI=1S/C22H26O7/c1-10-12-6-13-15-21(7-12,17(10)24)19(25)29-14-4-5-20(3,8-26-11(2)23)16-18(28-13)27-9-22(14,15)16/h12-16,18H,1,4-9H2,2-3H3/t12-,13-,14+,15-,16-,18+,20+,21+,22+/m1/s1. The second-order valence-electron chi connectivity index (χ2n) is 10.3. The van der Waals surface area contributed by atoms with Gasteiger partial charge in [0, 0.05) is 29.6 Å². The minimum absolute atomic E-state index is 0.0313. The van der Waals surface area contributed by atoms with E-state index in [1.54, 1.807) is 0 Å². The smallest absolute Gasteiger partial charge is 0.320 e. The monoisotopic (exact) mass is 402 g/mol. The number of carbonyl (C=O) groups is 3. The van der Waals surface area contributed by atoms with E-state index in [2.05, 4.69) is 13.5 Å². The Morgan fingerprint density at radius 2 is 2.10 bits per heavy atom. The first-order chi connectivity index (χ1) is 13.7. The molecule has 6 rings (SSSR count). The van der Waals surface area contributed by atoms with E-state index in [9.17, 15) is 14.4 Å². The van der Waals surface area contributed by atoms with Gasteiger partial charge in [-0.2, -0.15) is 0 Å². The van der Waals surface area contributed by atoms with E-state index in [1.807, 2.05) is 0 Å². The SMILES string of the molecule is C=C1C(=O)[C@@]23C[C@H]1C[C@H]1O[C@@H]4OC[C@]5([C@H](CC[C@@](C)(COC(C)=O)[C@@H]45)OC2=O)[C@H]13. The minimum Gasteiger partial charge on any atom is -0.465 e. The van der Waals surface area contributed by atoms with Gasteiger partial charge in [0.05, 0.1) is 19.3 Å². The summed E-state index contributed by atoms with van der Waals surface area (Å²) in [6, 6.07) is 0. The first-order valence-electron chi connectivity index (χ1n) is 10.6. The van der Waals surface area contributed by atoms with Gasteiger partial charge in [0.1, 0.15) is 11.5 Å². The highest BCUT2D eigenvalue weighted by Crippen LogP contribution is 2.74. The van der Waals surface area contributed by atoms with Crippen LogP contribution in [-0.2, 0) is 33.3 Å². The lowest BCUT2D eigenvalue weighted by molar-refractivity contribution is -0.307. The second-order valence-corrected chi connectivity index (χ2v) is 10.3. The molecule has 6 aliphatic rings. The lowest BCUT2D eigenvalue weighted by atomic mass is 9.42. The van der Waals surface area contributed by atoms with E-state index < -0.39 is 23.1 Å². The summed E-state index contributed by atoms with van der Waals surface area (Å²) in [6.45, 7) is 8.21. The van der Waals surface area contributed by atoms with Crippen LogP contribution in [0.1, 0.15) is 39.5 Å². The lowest BCUT2D eigenvalue weighted by Gasteiger charge is -2.65. The predicted octanol–water partition coefficient (Wildman–Crippen LogP) is 1.78. The average Bonchev–Trinajstić information content (AvgIpc) is 3.08. The Morgan fingerprint density at radius 3 is 2.86 bits per heavy atom. The van der Waals surface area contributed by atoms with Crippen molar-refractivity contribution in [3.8, 4) is 0 Å². The zero-order valence-electron chi connectivity index (χ0n) is 16.8. The molecule has 0 aromatic rings. The zero-order valence-corrected chi connectivity index (χ0v) is 16.8. The fourth-order valence-electron chi connectivity index (χ4n) is 7.97. The second kappa shape index (κ2) is 5.30. The Morgan fingerprint density at radius 1 is 1.31 bits per heavy atom. The van der Waals surface area contributed by atoms with Crippen LogP contribution in [0.25, 0.3) is 0 Å².